The fraction of sp³-hybridized carbons (Fsp3) is 0.438. The number of benzene rings is 1. The third kappa shape index (κ3) is 6.37. The van der Waals surface area contributed by atoms with E-state index >= 15 is 0 Å². The lowest BCUT2D eigenvalue weighted by Gasteiger charge is -2.19. The third-order valence-corrected chi connectivity index (χ3v) is 3.92. The summed E-state index contributed by atoms with van der Waals surface area (Å²) >= 11 is 6.15. The van der Waals surface area contributed by atoms with Crippen LogP contribution in [0.3, 0.4) is 0 Å². The predicted molar refractivity (Wildman–Crippen MR) is 101 cm³/mol. The number of nitrogens with zero attached hydrogens (tertiary/aromatic N) is 2. The van der Waals surface area contributed by atoms with Gasteiger partial charge in [-0.3, -0.25) is 19.9 Å². The van der Waals surface area contributed by atoms with Crippen LogP contribution in [0.15, 0.2) is 17.2 Å². The number of ether oxygens (including phenoxy) is 2. The maximum Gasteiger partial charge on any atom is 0.573 e. The van der Waals surface area contributed by atoms with Crippen LogP contribution in [-0.2, 0) is 9.53 Å². The predicted octanol–water partition coefficient (Wildman–Crippen LogP) is 1.95. The van der Waals surface area contributed by atoms with Crippen molar-refractivity contribution in [2.24, 2.45) is 5.10 Å². The topological polar surface area (TPSA) is 116 Å². The highest BCUT2D eigenvalue weighted by Crippen LogP contribution is 2.38. The zero-order valence-corrected chi connectivity index (χ0v) is 16.9. The van der Waals surface area contributed by atoms with E-state index in [-0.39, 0.29) is 17.6 Å². The molecule has 1 aliphatic rings. The number of anilines is 1. The molecule has 30 heavy (non-hydrogen) atoms. The molecule has 0 aliphatic carbocycles. The van der Waals surface area contributed by atoms with Crippen molar-refractivity contribution in [1.29, 1.82) is 0 Å². The van der Waals surface area contributed by atoms with Crippen molar-refractivity contribution in [3.8, 4) is 5.75 Å². The quantitative estimate of drug-likeness (QED) is 0.499. The molecule has 2 amide bonds. The SMILES string of the molecule is CCN1NNN=C1NC(=O)c1ccc(OC(F)(F)F)c(NC(=O)COC(C)C)c1Cl. The van der Waals surface area contributed by atoms with E-state index in [2.05, 4.69) is 31.5 Å². The number of hydrazine groups is 2. The largest absolute Gasteiger partial charge is 0.573 e. The minimum absolute atomic E-state index is 0.116. The first-order valence-electron chi connectivity index (χ1n) is 8.68. The number of guanidine groups is 1. The second-order valence-corrected chi connectivity index (χ2v) is 6.49. The van der Waals surface area contributed by atoms with Crippen molar-refractivity contribution in [3.63, 3.8) is 0 Å². The van der Waals surface area contributed by atoms with Gasteiger partial charge in [-0.25, -0.2) is 5.53 Å². The summed E-state index contributed by atoms with van der Waals surface area (Å²) in [5.74, 6) is -2.21. The normalized spacial score (nSPS) is 13.7. The fourth-order valence-corrected chi connectivity index (χ4v) is 2.51. The number of hydrogen-bond acceptors (Lipinski definition) is 8. The number of alkyl halides is 3. The Bertz CT molecular complexity index is 834. The fourth-order valence-electron chi connectivity index (χ4n) is 2.22. The number of rotatable bonds is 7. The summed E-state index contributed by atoms with van der Waals surface area (Å²) in [6.07, 6.45) is -5.33. The Hall–Kier alpha value is -2.77. The molecule has 0 saturated heterocycles. The van der Waals surface area contributed by atoms with Gasteiger partial charge in [0.15, 0.2) is 5.75 Å². The van der Waals surface area contributed by atoms with Crippen LogP contribution in [-0.4, -0.2) is 48.4 Å². The second kappa shape index (κ2) is 9.82. The average molecular weight is 453 g/mol. The Balaban J connectivity index is 2.31. The Kier molecular flexibility index (Phi) is 7.70. The summed E-state index contributed by atoms with van der Waals surface area (Å²) in [6.45, 7) is 5.15. The summed E-state index contributed by atoms with van der Waals surface area (Å²) in [5, 5.41) is 9.47. The Morgan fingerprint density at radius 3 is 2.60 bits per heavy atom. The molecule has 0 saturated carbocycles. The van der Waals surface area contributed by atoms with E-state index in [1.165, 1.54) is 5.01 Å². The van der Waals surface area contributed by atoms with Crippen molar-refractivity contribution in [1.82, 2.24) is 21.4 Å². The molecule has 1 heterocycles. The standard InChI is InChI=1S/C16H20ClF3N6O4/c1-4-26-15(23-24-25-26)22-14(28)9-5-6-10(30-16(18,19)20)13(12(9)17)21-11(27)7-29-8(2)3/h5-6,8,24-25H,4,7H2,1-3H3,(H,21,27)(H,22,23,28). The first kappa shape index (κ1) is 23.5. The Morgan fingerprint density at radius 2 is 2.00 bits per heavy atom. The number of nitrogens with one attached hydrogen (secondary N) is 4. The van der Waals surface area contributed by atoms with E-state index < -0.39 is 41.2 Å². The van der Waals surface area contributed by atoms with E-state index in [4.69, 9.17) is 16.3 Å². The monoisotopic (exact) mass is 452 g/mol. The molecule has 0 radical (unpaired) electrons. The number of carbonyl (C=O) groups excluding carboxylic acids is 2. The van der Waals surface area contributed by atoms with E-state index in [0.29, 0.717) is 6.54 Å². The van der Waals surface area contributed by atoms with Crippen LogP contribution in [0.1, 0.15) is 31.1 Å². The van der Waals surface area contributed by atoms with Gasteiger partial charge in [0.05, 0.1) is 16.7 Å². The third-order valence-electron chi connectivity index (χ3n) is 3.53. The molecule has 0 unspecified atom stereocenters. The van der Waals surface area contributed by atoms with Gasteiger partial charge in [0.2, 0.25) is 5.96 Å². The van der Waals surface area contributed by atoms with Crippen molar-refractivity contribution < 1.29 is 32.2 Å². The average Bonchev–Trinajstić information content (AvgIpc) is 3.08. The molecule has 0 atom stereocenters. The van der Waals surface area contributed by atoms with Gasteiger partial charge in [0, 0.05) is 6.54 Å². The summed E-state index contributed by atoms with van der Waals surface area (Å²) in [5.41, 5.74) is 4.35. The number of halogens is 4. The van der Waals surface area contributed by atoms with Gasteiger partial charge >= 0.3 is 6.36 Å². The second-order valence-electron chi connectivity index (χ2n) is 6.11. The molecule has 0 fully saturated rings. The molecule has 1 aromatic carbocycles. The van der Waals surface area contributed by atoms with Gasteiger partial charge in [-0.1, -0.05) is 11.6 Å². The number of amides is 2. The molecule has 4 N–H and O–H groups in total. The summed E-state index contributed by atoms with van der Waals surface area (Å²) < 4.78 is 47.3. The number of hydrogen-bond donors (Lipinski definition) is 4. The van der Waals surface area contributed by atoms with E-state index in [1.54, 1.807) is 20.8 Å². The highest BCUT2D eigenvalue weighted by atomic mass is 35.5. The van der Waals surface area contributed by atoms with Gasteiger partial charge in [-0.15, -0.1) is 23.8 Å². The van der Waals surface area contributed by atoms with Crippen molar-refractivity contribution in [2.75, 3.05) is 18.5 Å². The smallest absolute Gasteiger partial charge is 0.404 e. The zero-order valence-electron chi connectivity index (χ0n) is 16.2. The van der Waals surface area contributed by atoms with Crippen LogP contribution >= 0.6 is 11.6 Å². The van der Waals surface area contributed by atoms with Crippen molar-refractivity contribution >= 4 is 35.1 Å². The first-order chi connectivity index (χ1) is 14.0. The van der Waals surface area contributed by atoms with Gasteiger partial charge < -0.3 is 14.8 Å². The maximum absolute atomic E-state index is 12.7. The lowest BCUT2D eigenvalue weighted by Crippen LogP contribution is -2.47. The van der Waals surface area contributed by atoms with Crippen molar-refractivity contribution in [3.05, 3.63) is 22.7 Å². The lowest BCUT2D eigenvalue weighted by molar-refractivity contribution is -0.274. The van der Waals surface area contributed by atoms with E-state index in [9.17, 15) is 22.8 Å². The summed E-state index contributed by atoms with van der Waals surface area (Å²) in [7, 11) is 0. The van der Waals surface area contributed by atoms with Gasteiger partial charge in [0.25, 0.3) is 11.8 Å². The minimum atomic E-state index is -5.04. The van der Waals surface area contributed by atoms with Gasteiger partial charge in [-0.05, 0) is 32.9 Å². The van der Waals surface area contributed by atoms with Gasteiger partial charge in [-0.2, -0.15) is 0 Å². The maximum atomic E-state index is 12.7. The minimum Gasteiger partial charge on any atom is -0.404 e. The van der Waals surface area contributed by atoms with Crippen LogP contribution in [0.4, 0.5) is 18.9 Å². The summed E-state index contributed by atoms with van der Waals surface area (Å²) in [4.78, 5) is 24.6. The van der Waals surface area contributed by atoms with Gasteiger partial charge in [0.1, 0.15) is 12.3 Å². The number of carbonyl (C=O) groups is 2. The zero-order chi connectivity index (χ0) is 22.5. The molecule has 14 heteroatoms. The van der Waals surface area contributed by atoms with Crippen LogP contribution in [0.2, 0.25) is 5.02 Å². The van der Waals surface area contributed by atoms with Crippen LogP contribution in [0.25, 0.3) is 0 Å². The molecular formula is C16H20ClF3N6O4. The van der Waals surface area contributed by atoms with Crippen LogP contribution < -0.4 is 26.4 Å². The van der Waals surface area contributed by atoms with E-state index in [1.807, 2.05) is 0 Å². The molecule has 166 valence electrons. The highest BCUT2D eigenvalue weighted by molar-refractivity contribution is 6.37. The van der Waals surface area contributed by atoms with Crippen LogP contribution in [0.5, 0.6) is 5.75 Å². The molecular weight excluding hydrogens is 433 g/mol. The molecule has 2 rings (SSSR count). The molecule has 0 bridgehead atoms. The Morgan fingerprint density at radius 1 is 1.30 bits per heavy atom. The Labute approximate surface area is 174 Å². The molecule has 10 nitrogen and oxygen atoms in total. The van der Waals surface area contributed by atoms with Crippen molar-refractivity contribution in [2.45, 2.75) is 33.2 Å². The highest BCUT2D eigenvalue weighted by Gasteiger charge is 2.34. The molecule has 1 aliphatic heterocycles. The molecule has 0 aromatic heterocycles. The molecule has 0 spiro atoms. The summed E-state index contributed by atoms with van der Waals surface area (Å²) in [6, 6.07) is 1.91. The lowest BCUT2D eigenvalue weighted by atomic mass is 10.1. The number of hydrazone groups is 1. The molecule has 1 aromatic rings. The van der Waals surface area contributed by atoms with Crippen LogP contribution in [0, 0.1) is 0 Å². The first-order valence-corrected chi connectivity index (χ1v) is 9.06. The van der Waals surface area contributed by atoms with E-state index in [0.717, 1.165) is 12.1 Å².